The summed E-state index contributed by atoms with van der Waals surface area (Å²) in [6.45, 7) is 12.0. The van der Waals surface area contributed by atoms with Crippen LogP contribution in [0.3, 0.4) is 0 Å². The monoisotopic (exact) mass is 369 g/mol. The lowest BCUT2D eigenvalue weighted by Gasteiger charge is -2.40. The number of ether oxygens (including phenoxy) is 2. The first-order chi connectivity index (χ1) is 12.8. The maximum Gasteiger partial charge on any atom is 0.237 e. The molecule has 2 aliphatic heterocycles. The highest BCUT2D eigenvalue weighted by Crippen LogP contribution is 2.48. The number of carbonyl (C=O) groups excluding carboxylic acids is 1. The fourth-order valence-electron chi connectivity index (χ4n) is 4.91. The molecule has 1 aromatic carbocycles. The van der Waals surface area contributed by atoms with Crippen LogP contribution in [0.15, 0.2) is 36.9 Å². The highest BCUT2D eigenvalue weighted by molar-refractivity contribution is 5.98. The highest BCUT2D eigenvalue weighted by atomic mass is 16.7. The van der Waals surface area contributed by atoms with Crippen molar-refractivity contribution in [1.82, 2.24) is 4.57 Å². The van der Waals surface area contributed by atoms with Crippen LogP contribution in [-0.2, 0) is 9.47 Å². The van der Waals surface area contributed by atoms with Crippen molar-refractivity contribution in [1.29, 1.82) is 0 Å². The summed E-state index contributed by atoms with van der Waals surface area (Å²) in [7, 11) is 0. The van der Waals surface area contributed by atoms with Gasteiger partial charge in [-0.05, 0) is 39.3 Å². The van der Waals surface area contributed by atoms with Crippen molar-refractivity contribution in [3.63, 3.8) is 0 Å². The van der Waals surface area contributed by atoms with Crippen molar-refractivity contribution >= 4 is 16.8 Å². The topological polar surface area (TPSA) is 60.7 Å². The van der Waals surface area contributed by atoms with Crippen LogP contribution in [0.2, 0.25) is 0 Å². The van der Waals surface area contributed by atoms with E-state index in [9.17, 15) is 9.90 Å². The van der Waals surface area contributed by atoms with Crippen molar-refractivity contribution in [2.75, 3.05) is 6.61 Å². The van der Waals surface area contributed by atoms with Crippen LogP contribution in [0.5, 0.6) is 0 Å². The minimum absolute atomic E-state index is 0.0800. The Morgan fingerprint density at radius 3 is 2.67 bits per heavy atom. The van der Waals surface area contributed by atoms with E-state index in [0.29, 0.717) is 6.61 Å². The SMILES string of the molecule is C=C[C@H]1C([C@@H](C)O)C(=O)n2c(c(C)c3ccccc32)[C@@H]1C1COC(C)(C)O1. The normalized spacial score (nSPS) is 31.1. The third kappa shape index (κ3) is 2.68. The van der Waals surface area contributed by atoms with Gasteiger partial charge in [0.1, 0.15) is 0 Å². The number of aromatic nitrogens is 1. The smallest absolute Gasteiger partial charge is 0.237 e. The quantitative estimate of drug-likeness (QED) is 0.839. The number of hydrogen-bond donors (Lipinski definition) is 1. The second kappa shape index (κ2) is 6.30. The molecule has 0 bridgehead atoms. The molecule has 0 saturated carbocycles. The van der Waals surface area contributed by atoms with E-state index in [-0.39, 0.29) is 23.8 Å². The Balaban J connectivity index is 1.98. The summed E-state index contributed by atoms with van der Waals surface area (Å²) in [5.41, 5.74) is 2.91. The lowest BCUT2D eigenvalue weighted by molar-refractivity contribution is -0.143. The molecule has 0 radical (unpaired) electrons. The van der Waals surface area contributed by atoms with Gasteiger partial charge in [0.15, 0.2) is 5.79 Å². The van der Waals surface area contributed by atoms with Gasteiger partial charge in [0.05, 0.1) is 30.2 Å². The molecule has 1 fully saturated rings. The van der Waals surface area contributed by atoms with Crippen molar-refractivity contribution in [2.45, 2.75) is 51.6 Å². The molecular weight excluding hydrogens is 342 g/mol. The first-order valence-corrected chi connectivity index (χ1v) is 9.53. The zero-order valence-corrected chi connectivity index (χ0v) is 16.3. The summed E-state index contributed by atoms with van der Waals surface area (Å²) in [5.74, 6) is -1.65. The van der Waals surface area contributed by atoms with E-state index < -0.39 is 17.8 Å². The lowest BCUT2D eigenvalue weighted by Crippen LogP contribution is -2.47. The standard InChI is InChI=1S/C22H27NO4/c1-6-14-18(13(3)24)21(25)23-16-10-8-7-9-15(16)12(2)20(23)19(14)17-11-26-22(4,5)27-17/h6-10,13-14,17-19,24H,1,11H2,2-5H3/t13-,14+,17?,18?,19+/m1/s1. The van der Waals surface area contributed by atoms with E-state index in [4.69, 9.17) is 9.47 Å². The molecule has 0 spiro atoms. The average Bonchev–Trinajstić information content (AvgIpc) is 3.12. The maximum absolute atomic E-state index is 13.4. The van der Waals surface area contributed by atoms with Gasteiger partial charge in [-0.1, -0.05) is 24.3 Å². The van der Waals surface area contributed by atoms with E-state index in [2.05, 4.69) is 13.5 Å². The molecule has 5 heteroatoms. The van der Waals surface area contributed by atoms with Crippen molar-refractivity contribution < 1.29 is 19.4 Å². The van der Waals surface area contributed by atoms with E-state index in [1.807, 2.05) is 38.1 Å². The predicted octanol–water partition coefficient (Wildman–Crippen LogP) is 3.64. The van der Waals surface area contributed by atoms with Crippen molar-refractivity contribution in [3.8, 4) is 0 Å². The molecule has 144 valence electrons. The molecule has 0 amide bonds. The number of fused-ring (bicyclic) bond motifs is 3. The Hall–Kier alpha value is -1.95. The maximum atomic E-state index is 13.4. The zero-order valence-electron chi connectivity index (χ0n) is 16.3. The summed E-state index contributed by atoms with van der Waals surface area (Å²) >= 11 is 0. The number of benzene rings is 1. The minimum atomic E-state index is -0.784. The number of hydrogen-bond acceptors (Lipinski definition) is 4. The van der Waals surface area contributed by atoms with Gasteiger partial charge in [-0.3, -0.25) is 9.36 Å². The predicted molar refractivity (Wildman–Crippen MR) is 104 cm³/mol. The number of nitrogens with zero attached hydrogens (tertiary/aromatic N) is 1. The number of carbonyl (C=O) groups is 1. The molecule has 1 saturated heterocycles. The Bertz CT molecular complexity index is 910. The van der Waals surface area contributed by atoms with Gasteiger partial charge in [-0.2, -0.15) is 0 Å². The first-order valence-electron chi connectivity index (χ1n) is 9.53. The van der Waals surface area contributed by atoms with Gasteiger partial charge in [-0.25, -0.2) is 0 Å². The number of rotatable bonds is 3. The van der Waals surface area contributed by atoms with Gasteiger partial charge in [0.25, 0.3) is 0 Å². The molecule has 1 N–H and O–H groups in total. The van der Waals surface area contributed by atoms with Gasteiger partial charge in [-0.15, -0.1) is 6.58 Å². The molecule has 2 aromatic rings. The van der Waals surface area contributed by atoms with Crippen LogP contribution in [-0.4, -0.2) is 40.2 Å². The van der Waals surface area contributed by atoms with Gasteiger partial charge in [0.2, 0.25) is 5.91 Å². The molecule has 0 aliphatic carbocycles. The molecule has 2 aliphatic rings. The second-order valence-electron chi connectivity index (χ2n) is 8.17. The first kappa shape index (κ1) is 18.4. The van der Waals surface area contributed by atoms with Crippen LogP contribution in [0.25, 0.3) is 10.9 Å². The molecule has 5 atom stereocenters. The average molecular weight is 369 g/mol. The van der Waals surface area contributed by atoms with E-state index in [1.165, 1.54) is 0 Å². The van der Waals surface area contributed by atoms with Crippen molar-refractivity contribution in [2.24, 2.45) is 11.8 Å². The summed E-state index contributed by atoms with van der Waals surface area (Å²) in [6.07, 6.45) is 0.807. The van der Waals surface area contributed by atoms with Gasteiger partial charge >= 0.3 is 0 Å². The van der Waals surface area contributed by atoms with Crippen LogP contribution in [0.1, 0.15) is 42.7 Å². The summed E-state index contributed by atoms with van der Waals surface area (Å²) in [4.78, 5) is 13.4. The molecule has 2 unspecified atom stereocenters. The third-order valence-electron chi connectivity index (χ3n) is 6.05. The van der Waals surface area contributed by atoms with E-state index in [0.717, 1.165) is 22.2 Å². The largest absolute Gasteiger partial charge is 0.393 e. The Morgan fingerprint density at radius 2 is 2.07 bits per heavy atom. The molecule has 1 aromatic heterocycles. The fraction of sp³-hybridized carbons (Fsp3) is 0.500. The second-order valence-corrected chi connectivity index (χ2v) is 8.17. The Kier molecular flexibility index (Phi) is 4.29. The number of allylic oxidation sites excluding steroid dienone is 1. The molecular formula is C22H27NO4. The Morgan fingerprint density at radius 1 is 1.37 bits per heavy atom. The van der Waals surface area contributed by atoms with Gasteiger partial charge in [0, 0.05) is 22.9 Å². The van der Waals surface area contributed by atoms with Crippen LogP contribution in [0, 0.1) is 18.8 Å². The number of para-hydroxylation sites is 1. The molecule has 4 rings (SSSR count). The summed E-state index contributed by atoms with van der Waals surface area (Å²) < 4.78 is 13.8. The van der Waals surface area contributed by atoms with E-state index in [1.54, 1.807) is 17.6 Å². The molecule has 27 heavy (non-hydrogen) atoms. The number of aliphatic hydroxyl groups excluding tert-OH is 1. The highest BCUT2D eigenvalue weighted by Gasteiger charge is 2.50. The number of aryl methyl sites for hydroxylation is 1. The third-order valence-corrected chi connectivity index (χ3v) is 6.05. The zero-order chi connectivity index (χ0) is 19.5. The van der Waals surface area contributed by atoms with Crippen LogP contribution < -0.4 is 0 Å². The summed E-state index contributed by atoms with van der Waals surface area (Å²) in [5, 5.41) is 11.5. The number of aliphatic hydroxyl groups is 1. The fourth-order valence-corrected chi connectivity index (χ4v) is 4.91. The lowest BCUT2D eigenvalue weighted by atomic mass is 9.71. The van der Waals surface area contributed by atoms with Crippen LogP contribution >= 0.6 is 0 Å². The molecule has 5 nitrogen and oxygen atoms in total. The minimum Gasteiger partial charge on any atom is -0.393 e. The van der Waals surface area contributed by atoms with E-state index >= 15 is 0 Å². The van der Waals surface area contributed by atoms with Crippen LogP contribution in [0.4, 0.5) is 0 Å². The summed E-state index contributed by atoms with van der Waals surface area (Å²) in [6, 6.07) is 7.92. The Labute approximate surface area is 159 Å². The van der Waals surface area contributed by atoms with Gasteiger partial charge < -0.3 is 14.6 Å². The molecule has 3 heterocycles. The van der Waals surface area contributed by atoms with Crippen molar-refractivity contribution in [3.05, 3.63) is 48.2 Å².